The van der Waals surface area contributed by atoms with E-state index in [0.29, 0.717) is 50.0 Å². The Morgan fingerprint density at radius 2 is 1.81 bits per heavy atom. The molecule has 1 N–H and O–H groups in total. The standard InChI is InChI=1S/C27H28N2O7S/c1-6-35-21-14-17(9-11-20(21)34-5)24-23(26(32)36-7-2)15(3)28-27-29(24)25(31)22(37-27)13-16-8-10-19(33-4)18(30)12-16/h8-14,24,30H,6-7H2,1-5H3/b22-13+. The molecule has 1 aliphatic rings. The number of aromatic hydroxyl groups is 1. The summed E-state index contributed by atoms with van der Waals surface area (Å²) >= 11 is 1.20. The van der Waals surface area contributed by atoms with Crippen LogP contribution in [0, 0.1) is 0 Å². The number of carbonyl (C=O) groups is 1. The van der Waals surface area contributed by atoms with Crippen molar-refractivity contribution in [2.45, 2.75) is 26.8 Å². The smallest absolute Gasteiger partial charge is 0.338 e. The minimum atomic E-state index is -0.785. The summed E-state index contributed by atoms with van der Waals surface area (Å²) in [6.45, 7) is 5.91. The number of methoxy groups -OCH3 is 2. The molecule has 1 aliphatic heterocycles. The van der Waals surface area contributed by atoms with Crippen molar-refractivity contribution in [3.63, 3.8) is 0 Å². The monoisotopic (exact) mass is 524 g/mol. The third kappa shape index (κ3) is 4.97. The number of nitrogens with zero attached hydrogens (tertiary/aromatic N) is 2. The van der Waals surface area contributed by atoms with Gasteiger partial charge in [-0.2, -0.15) is 0 Å². The van der Waals surface area contributed by atoms with Crippen LogP contribution in [0.25, 0.3) is 6.08 Å². The first kappa shape index (κ1) is 26.0. The molecule has 0 saturated heterocycles. The molecule has 37 heavy (non-hydrogen) atoms. The van der Waals surface area contributed by atoms with Gasteiger partial charge < -0.3 is 24.1 Å². The van der Waals surface area contributed by atoms with Crippen molar-refractivity contribution in [3.05, 3.63) is 78.5 Å². The van der Waals surface area contributed by atoms with E-state index in [1.54, 1.807) is 57.4 Å². The lowest BCUT2D eigenvalue weighted by Crippen LogP contribution is -2.40. The Morgan fingerprint density at radius 1 is 1.08 bits per heavy atom. The fourth-order valence-corrected chi connectivity index (χ4v) is 5.23. The number of aromatic nitrogens is 1. The summed E-state index contributed by atoms with van der Waals surface area (Å²) < 4.78 is 23.5. The van der Waals surface area contributed by atoms with Crippen LogP contribution in [-0.2, 0) is 9.53 Å². The van der Waals surface area contributed by atoms with Gasteiger partial charge in [-0.3, -0.25) is 9.36 Å². The van der Waals surface area contributed by atoms with E-state index in [0.717, 1.165) is 0 Å². The maximum atomic E-state index is 13.7. The first-order chi connectivity index (χ1) is 17.8. The van der Waals surface area contributed by atoms with Crippen molar-refractivity contribution < 1.29 is 28.8 Å². The van der Waals surface area contributed by atoms with Crippen LogP contribution < -0.4 is 29.1 Å². The maximum Gasteiger partial charge on any atom is 0.338 e. The molecule has 2 aromatic carbocycles. The van der Waals surface area contributed by atoms with Crippen LogP contribution in [-0.4, -0.2) is 43.1 Å². The van der Waals surface area contributed by atoms with E-state index in [1.807, 2.05) is 6.92 Å². The molecule has 1 atom stereocenters. The topological polar surface area (TPSA) is 109 Å². The Kier molecular flexibility index (Phi) is 7.68. The Labute approximate surface area is 217 Å². The SMILES string of the molecule is CCOC(=O)C1=C(C)N=c2s/c(=C/c3ccc(OC)c(O)c3)c(=O)n2C1c1ccc(OC)c(OCC)c1. The summed E-state index contributed by atoms with van der Waals surface area (Å²) in [5.74, 6) is 0.783. The van der Waals surface area contributed by atoms with Gasteiger partial charge in [-0.1, -0.05) is 23.5 Å². The molecular weight excluding hydrogens is 496 g/mol. The van der Waals surface area contributed by atoms with Crippen LogP contribution in [0.2, 0.25) is 0 Å². The summed E-state index contributed by atoms with van der Waals surface area (Å²) in [5, 5.41) is 10.2. The molecular formula is C27H28N2O7S. The molecule has 2 heterocycles. The van der Waals surface area contributed by atoms with Gasteiger partial charge in [-0.05, 0) is 62.2 Å². The minimum absolute atomic E-state index is 0.0379. The van der Waals surface area contributed by atoms with Gasteiger partial charge in [-0.25, -0.2) is 9.79 Å². The second-order valence-corrected chi connectivity index (χ2v) is 9.09. The zero-order valence-corrected chi connectivity index (χ0v) is 22.0. The van der Waals surface area contributed by atoms with Gasteiger partial charge in [0.05, 0.1) is 49.3 Å². The van der Waals surface area contributed by atoms with Crippen LogP contribution in [0.3, 0.4) is 0 Å². The van der Waals surface area contributed by atoms with E-state index >= 15 is 0 Å². The van der Waals surface area contributed by atoms with Crippen LogP contribution in [0.5, 0.6) is 23.0 Å². The van der Waals surface area contributed by atoms with Crippen LogP contribution in [0.1, 0.15) is 37.9 Å². The van der Waals surface area contributed by atoms with Gasteiger partial charge in [0, 0.05) is 0 Å². The average molecular weight is 525 g/mol. The number of carbonyl (C=O) groups excluding carboxylic acids is 1. The highest BCUT2D eigenvalue weighted by atomic mass is 32.1. The number of allylic oxidation sites excluding steroid dienone is 1. The zero-order chi connectivity index (χ0) is 26.7. The first-order valence-corrected chi connectivity index (χ1v) is 12.5. The first-order valence-electron chi connectivity index (χ1n) is 11.7. The number of fused-ring (bicyclic) bond motifs is 1. The van der Waals surface area contributed by atoms with Gasteiger partial charge in [0.25, 0.3) is 5.56 Å². The predicted molar refractivity (Wildman–Crippen MR) is 139 cm³/mol. The number of thiazole rings is 1. The molecule has 9 nitrogen and oxygen atoms in total. The molecule has 10 heteroatoms. The maximum absolute atomic E-state index is 13.7. The molecule has 0 radical (unpaired) electrons. The van der Waals surface area contributed by atoms with E-state index in [4.69, 9.17) is 18.9 Å². The second-order valence-electron chi connectivity index (χ2n) is 8.08. The molecule has 194 valence electrons. The molecule has 1 aromatic heterocycles. The quantitative estimate of drug-likeness (QED) is 0.452. The van der Waals surface area contributed by atoms with Crippen molar-refractivity contribution >= 4 is 23.4 Å². The average Bonchev–Trinajstić information content (AvgIpc) is 3.17. The molecule has 0 saturated carbocycles. The van der Waals surface area contributed by atoms with Crippen molar-refractivity contribution in [1.29, 1.82) is 0 Å². The molecule has 3 aromatic rings. The van der Waals surface area contributed by atoms with Gasteiger partial charge in [0.15, 0.2) is 27.8 Å². The van der Waals surface area contributed by atoms with E-state index in [-0.39, 0.29) is 23.5 Å². The molecule has 1 unspecified atom stereocenters. The van der Waals surface area contributed by atoms with E-state index < -0.39 is 12.0 Å². The van der Waals surface area contributed by atoms with Crippen LogP contribution >= 0.6 is 11.3 Å². The number of ether oxygens (including phenoxy) is 4. The lowest BCUT2D eigenvalue weighted by Gasteiger charge is -2.25. The number of esters is 1. The fourth-order valence-electron chi connectivity index (χ4n) is 4.19. The third-order valence-electron chi connectivity index (χ3n) is 5.82. The molecule has 0 spiro atoms. The predicted octanol–water partition coefficient (Wildman–Crippen LogP) is 2.92. The van der Waals surface area contributed by atoms with E-state index in [9.17, 15) is 14.7 Å². The summed E-state index contributed by atoms with van der Waals surface area (Å²) in [6, 6.07) is 9.40. The Morgan fingerprint density at radius 3 is 2.46 bits per heavy atom. The Balaban J connectivity index is 1.94. The molecule has 0 aliphatic carbocycles. The normalized spacial score (nSPS) is 15.2. The highest BCUT2D eigenvalue weighted by molar-refractivity contribution is 7.07. The molecule has 0 fully saturated rings. The van der Waals surface area contributed by atoms with Gasteiger partial charge in [0.1, 0.15) is 0 Å². The van der Waals surface area contributed by atoms with Crippen LogP contribution in [0.4, 0.5) is 0 Å². The third-order valence-corrected chi connectivity index (χ3v) is 6.80. The Bertz CT molecular complexity index is 1550. The van der Waals surface area contributed by atoms with Gasteiger partial charge in [-0.15, -0.1) is 0 Å². The number of hydrogen-bond donors (Lipinski definition) is 1. The lowest BCUT2D eigenvalue weighted by molar-refractivity contribution is -0.139. The van der Waals surface area contributed by atoms with Crippen LogP contribution in [0.15, 0.2) is 57.5 Å². The van der Waals surface area contributed by atoms with Crippen molar-refractivity contribution in [3.8, 4) is 23.0 Å². The number of benzene rings is 2. The zero-order valence-electron chi connectivity index (χ0n) is 21.2. The fraction of sp³-hybridized carbons (Fsp3) is 0.296. The highest BCUT2D eigenvalue weighted by Crippen LogP contribution is 2.36. The summed E-state index contributed by atoms with van der Waals surface area (Å²) in [4.78, 5) is 31.9. The molecule has 4 rings (SSSR count). The summed E-state index contributed by atoms with van der Waals surface area (Å²) in [6.07, 6.45) is 1.67. The number of phenols is 1. The van der Waals surface area contributed by atoms with Gasteiger partial charge in [0.2, 0.25) is 0 Å². The van der Waals surface area contributed by atoms with Crippen molar-refractivity contribution in [2.75, 3.05) is 27.4 Å². The van der Waals surface area contributed by atoms with Crippen molar-refractivity contribution in [2.24, 2.45) is 4.99 Å². The summed E-state index contributed by atoms with van der Waals surface area (Å²) in [5.41, 5.74) is 1.68. The number of phenolic OH excluding ortho intramolecular Hbond substituents is 1. The highest BCUT2D eigenvalue weighted by Gasteiger charge is 2.34. The minimum Gasteiger partial charge on any atom is -0.504 e. The summed E-state index contributed by atoms with van der Waals surface area (Å²) in [7, 11) is 3.01. The molecule has 0 bridgehead atoms. The van der Waals surface area contributed by atoms with Crippen molar-refractivity contribution in [1.82, 2.24) is 4.57 Å². The Hall–Kier alpha value is -4.05. The second kappa shape index (κ2) is 10.9. The van der Waals surface area contributed by atoms with Gasteiger partial charge >= 0.3 is 5.97 Å². The lowest BCUT2D eigenvalue weighted by atomic mass is 9.95. The largest absolute Gasteiger partial charge is 0.504 e. The van der Waals surface area contributed by atoms with E-state index in [2.05, 4.69) is 4.99 Å². The van der Waals surface area contributed by atoms with E-state index in [1.165, 1.54) is 29.1 Å². The number of rotatable bonds is 8. The molecule has 0 amide bonds. The number of hydrogen-bond acceptors (Lipinski definition) is 9.